The van der Waals surface area contributed by atoms with Gasteiger partial charge in [0.1, 0.15) is 6.61 Å². The zero-order valence-electron chi connectivity index (χ0n) is 29.6. The first-order chi connectivity index (χ1) is 22.1. The molecule has 0 aliphatic rings. The molecule has 5 heteroatoms. The molecular weight excluding hydrogens is 560 g/mol. The highest BCUT2D eigenvalue weighted by Gasteiger charge is 2.16. The number of carbonyl (C=O) groups is 2. The lowest BCUT2D eigenvalue weighted by Gasteiger charge is -2.15. The minimum absolute atomic E-state index is 0.0725. The van der Waals surface area contributed by atoms with Crippen molar-refractivity contribution in [2.75, 3.05) is 13.2 Å². The fraction of sp³-hybridized carbons (Fsp3) is 0.800. The molecule has 1 unspecified atom stereocenters. The van der Waals surface area contributed by atoms with Crippen LogP contribution < -0.4 is 0 Å². The molecule has 0 aliphatic heterocycles. The lowest BCUT2D eigenvalue weighted by atomic mass is 10.1. The summed E-state index contributed by atoms with van der Waals surface area (Å²) in [5.74, 6) is -0.609. The van der Waals surface area contributed by atoms with Crippen LogP contribution in [0, 0.1) is 0 Å². The van der Waals surface area contributed by atoms with E-state index in [-0.39, 0.29) is 25.2 Å². The topological polar surface area (TPSA) is 72.8 Å². The van der Waals surface area contributed by atoms with Crippen LogP contribution in [0.2, 0.25) is 0 Å². The molecule has 1 N–H and O–H groups in total. The largest absolute Gasteiger partial charge is 0.462 e. The molecule has 1 atom stereocenters. The number of hydrogen-bond donors (Lipinski definition) is 1. The van der Waals surface area contributed by atoms with Gasteiger partial charge in [-0.1, -0.05) is 140 Å². The molecule has 0 spiro atoms. The van der Waals surface area contributed by atoms with E-state index in [1.165, 1.54) is 103 Å². The SMILES string of the molecule is CCCCC/C=C\C/C=C\CCCCCCCCCC(=O)OC(CO)COC(=O)CCCCCCC/C=C\CCCCCCC. The number of ether oxygens (including phenoxy) is 2. The summed E-state index contributed by atoms with van der Waals surface area (Å²) in [5.41, 5.74) is 0. The van der Waals surface area contributed by atoms with Gasteiger partial charge in [-0.3, -0.25) is 9.59 Å². The highest BCUT2D eigenvalue weighted by atomic mass is 16.6. The molecule has 45 heavy (non-hydrogen) atoms. The standard InChI is InChI=1S/C40H72O5/c1-3-5-7-9-11-13-15-17-19-20-21-23-25-27-29-31-33-35-40(43)45-38(36-41)37-44-39(42)34-32-30-28-26-24-22-18-16-14-12-10-8-6-4-2/h11,13,16-19,38,41H,3-10,12,14-15,20-37H2,1-2H3/b13-11-,18-16-,19-17-. The molecular formula is C40H72O5. The monoisotopic (exact) mass is 633 g/mol. The van der Waals surface area contributed by atoms with Gasteiger partial charge >= 0.3 is 11.9 Å². The molecule has 5 nitrogen and oxygen atoms in total. The molecule has 0 heterocycles. The maximum absolute atomic E-state index is 12.1. The zero-order valence-corrected chi connectivity index (χ0v) is 29.6. The molecule has 0 aromatic rings. The predicted molar refractivity (Wildman–Crippen MR) is 191 cm³/mol. The number of allylic oxidation sites excluding steroid dienone is 6. The van der Waals surface area contributed by atoms with E-state index in [2.05, 4.69) is 50.3 Å². The summed E-state index contributed by atoms with van der Waals surface area (Å²) in [6.45, 7) is 4.08. The fourth-order valence-corrected chi connectivity index (χ4v) is 5.22. The summed E-state index contributed by atoms with van der Waals surface area (Å²) in [5, 5.41) is 9.54. The fourth-order valence-electron chi connectivity index (χ4n) is 5.22. The van der Waals surface area contributed by atoms with Crippen LogP contribution in [-0.2, 0) is 19.1 Å². The molecule has 0 rings (SSSR count). The summed E-state index contributed by atoms with van der Waals surface area (Å²) >= 11 is 0. The zero-order chi connectivity index (χ0) is 32.9. The highest BCUT2D eigenvalue weighted by Crippen LogP contribution is 2.12. The molecule has 262 valence electrons. The van der Waals surface area contributed by atoms with Crippen molar-refractivity contribution in [3.8, 4) is 0 Å². The summed E-state index contributed by atoms with van der Waals surface area (Å²) in [7, 11) is 0. The van der Waals surface area contributed by atoms with Gasteiger partial charge in [-0.25, -0.2) is 0 Å². The molecule has 0 aromatic carbocycles. The maximum atomic E-state index is 12.1. The van der Waals surface area contributed by atoms with Gasteiger partial charge in [-0.2, -0.15) is 0 Å². The number of unbranched alkanes of at least 4 members (excludes halogenated alkanes) is 20. The molecule has 0 saturated heterocycles. The highest BCUT2D eigenvalue weighted by molar-refractivity contribution is 5.70. The third kappa shape index (κ3) is 34.8. The summed E-state index contributed by atoms with van der Waals surface area (Å²) in [6.07, 6.45) is 43.4. The van der Waals surface area contributed by atoms with Crippen molar-refractivity contribution in [3.05, 3.63) is 36.5 Å². The van der Waals surface area contributed by atoms with Crippen molar-refractivity contribution >= 4 is 11.9 Å². The van der Waals surface area contributed by atoms with Gasteiger partial charge in [0, 0.05) is 12.8 Å². The van der Waals surface area contributed by atoms with Gasteiger partial charge in [0.2, 0.25) is 0 Å². The third-order valence-electron chi connectivity index (χ3n) is 8.16. The van der Waals surface area contributed by atoms with E-state index < -0.39 is 6.10 Å². The van der Waals surface area contributed by atoms with Crippen molar-refractivity contribution in [2.24, 2.45) is 0 Å². The van der Waals surface area contributed by atoms with Gasteiger partial charge < -0.3 is 14.6 Å². The second kappa shape index (κ2) is 36.6. The Morgan fingerprint density at radius 1 is 0.511 bits per heavy atom. The molecule has 0 aliphatic carbocycles. The second-order valence-electron chi connectivity index (χ2n) is 12.6. The van der Waals surface area contributed by atoms with E-state index in [0.29, 0.717) is 12.8 Å². The first-order valence-electron chi connectivity index (χ1n) is 19.0. The van der Waals surface area contributed by atoms with Gasteiger partial charge in [-0.15, -0.1) is 0 Å². The smallest absolute Gasteiger partial charge is 0.306 e. The van der Waals surface area contributed by atoms with Crippen LogP contribution in [0.1, 0.15) is 187 Å². The van der Waals surface area contributed by atoms with Crippen LogP contribution in [0.3, 0.4) is 0 Å². The molecule has 0 radical (unpaired) electrons. The van der Waals surface area contributed by atoms with Crippen molar-refractivity contribution in [1.29, 1.82) is 0 Å². The lowest BCUT2D eigenvalue weighted by molar-refractivity contribution is -0.161. The third-order valence-corrected chi connectivity index (χ3v) is 8.16. The Balaban J connectivity index is 3.59. The number of aliphatic hydroxyl groups is 1. The maximum Gasteiger partial charge on any atom is 0.306 e. The van der Waals surface area contributed by atoms with E-state index in [0.717, 1.165) is 57.8 Å². The van der Waals surface area contributed by atoms with Gasteiger partial charge in [0.05, 0.1) is 6.61 Å². The quantitative estimate of drug-likeness (QED) is 0.0434. The van der Waals surface area contributed by atoms with Crippen LogP contribution in [0.5, 0.6) is 0 Å². The number of carbonyl (C=O) groups excluding carboxylic acids is 2. The Labute approximate surface area is 278 Å². The average Bonchev–Trinajstić information content (AvgIpc) is 3.04. The normalized spacial score (nSPS) is 12.5. The van der Waals surface area contributed by atoms with Gasteiger partial charge in [0.25, 0.3) is 0 Å². The minimum atomic E-state index is -0.776. The lowest BCUT2D eigenvalue weighted by Crippen LogP contribution is -2.28. The van der Waals surface area contributed by atoms with Crippen molar-refractivity contribution in [2.45, 2.75) is 193 Å². The Kier molecular flexibility index (Phi) is 35.1. The predicted octanol–water partition coefficient (Wildman–Crippen LogP) is 11.7. The van der Waals surface area contributed by atoms with Crippen LogP contribution in [0.4, 0.5) is 0 Å². The number of aliphatic hydroxyl groups excluding tert-OH is 1. The van der Waals surface area contributed by atoms with E-state index in [9.17, 15) is 14.7 Å². The Bertz CT molecular complexity index is 726. The first-order valence-corrected chi connectivity index (χ1v) is 19.0. The Morgan fingerprint density at radius 2 is 0.889 bits per heavy atom. The second-order valence-corrected chi connectivity index (χ2v) is 12.6. The molecule has 0 aromatic heterocycles. The van der Waals surface area contributed by atoms with Crippen LogP contribution >= 0.6 is 0 Å². The summed E-state index contributed by atoms with van der Waals surface area (Å²) in [6, 6.07) is 0. The van der Waals surface area contributed by atoms with Crippen molar-refractivity contribution in [1.82, 2.24) is 0 Å². The van der Waals surface area contributed by atoms with Gasteiger partial charge in [0.15, 0.2) is 6.10 Å². The van der Waals surface area contributed by atoms with E-state index in [1.54, 1.807) is 0 Å². The Morgan fingerprint density at radius 3 is 1.38 bits per heavy atom. The van der Waals surface area contributed by atoms with Crippen molar-refractivity contribution < 1.29 is 24.2 Å². The summed E-state index contributed by atoms with van der Waals surface area (Å²) < 4.78 is 10.6. The van der Waals surface area contributed by atoms with Crippen LogP contribution in [0.25, 0.3) is 0 Å². The first kappa shape index (κ1) is 43.1. The minimum Gasteiger partial charge on any atom is -0.462 e. The van der Waals surface area contributed by atoms with Gasteiger partial charge in [-0.05, 0) is 70.6 Å². The number of hydrogen-bond acceptors (Lipinski definition) is 5. The molecule has 0 bridgehead atoms. The Hall–Kier alpha value is -1.88. The average molecular weight is 633 g/mol. The van der Waals surface area contributed by atoms with E-state index >= 15 is 0 Å². The van der Waals surface area contributed by atoms with Crippen molar-refractivity contribution in [3.63, 3.8) is 0 Å². The molecule has 0 amide bonds. The number of esters is 2. The van der Waals surface area contributed by atoms with Crippen LogP contribution in [0.15, 0.2) is 36.5 Å². The van der Waals surface area contributed by atoms with E-state index in [4.69, 9.17) is 9.47 Å². The molecule has 0 saturated carbocycles. The summed E-state index contributed by atoms with van der Waals surface area (Å²) in [4.78, 5) is 24.2. The van der Waals surface area contributed by atoms with E-state index in [1.807, 2.05) is 0 Å². The molecule has 0 fully saturated rings. The van der Waals surface area contributed by atoms with Crippen LogP contribution in [-0.4, -0.2) is 36.4 Å². The number of rotatable bonds is 34.